The maximum Gasteiger partial charge on any atom is 0.317 e. The van der Waals surface area contributed by atoms with Crippen molar-refractivity contribution in [1.29, 1.82) is 0 Å². The van der Waals surface area contributed by atoms with Gasteiger partial charge < -0.3 is 13.9 Å². The van der Waals surface area contributed by atoms with E-state index in [1.54, 1.807) is 12.1 Å². The van der Waals surface area contributed by atoms with E-state index in [1.807, 2.05) is 4.90 Å². The van der Waals surface area contributed by atoms with E-state index in [0.29, 0.717) is 28.9 Å². The molecule has 0 radical (unpaired) electrons. The van der Waals surface area contributed by atoms with Crippen molar-refractivity contribution in [3.63, 3.8) is 0 Å². The highest BCUT2D eigenvalue weighted by Crippen LogP contribution is 2.29. The van der Waals surface area contributed by atoms with Gasteiger partial charge >= 0.3 is 5.97 Å². The van der Waals surface area contributed by atoms with Crippen LogP contribution in [0.3, 0.4) is 0 Å². The molecular weight excluding hydrogens is 330 g/mol. The molecule has 0 bridgehead atoms. The molecule has 8 heteroatoms. The summed E-state index contributed by atoms with van der Waals surface area (Å²) in [6, 6.07) is 3.76. The first kappa shape index (κ1) is 13.3. The number of rotatable bonds is 6. The summed E-state index contributed by atoms with van der Waals surface area (Å²) in [6.45, 7) is 0.320. The summed E-state index contributed by atoms with van der Waals surface area (Å²) in [5.74, 6) is 0.302. The first-order valence-electron chi connectivity index (χ1n) is 6.16. The lowest BCUT2D eigenvalue weighted by Gasteiger charge is -2.16. The van der Waals surface area contributed by atoms with Gasteiger partial charge in [0.2, 0.25) is 5.89 Å². The number of furan rings is 1. The first-order valence-corrected chi connectivity index (χ1v) is 6.95. The molecule has 0 saturated heterocycles. The Bertz CT molecular complexity index is 620. The zero-order valence-corrected chi connectivity index (χ0v) is 12.0. The van der Waals surface area contributed by atoms with Gasteiger partial charge in [0, 0.05) is 6.04 Å². The summed E-state index contributed by atoms with van der Waals surface area (Å²) < 4.78 is 11.4. The third kappa shape index (κ3) is 3.07. The Morgan fingerprint density at radius 1 is 1.40 bits per heavy atom. The third-order valence-electron chi connectivity index (χ3n) is 2.99. The topological polar surface area (TPSA) is 92.6 Å². The number of carboxylic acid groups (broad SMARTS) is 1. The van der Waals surface area contributed by atoms with Gasteiger partial charge in [-0.15, -0.1) is 10.2 Å². The molecule has 0 amide bonds. The van der Waals surface area contributed by atoms with Crippen LogP contribution >= 0.6 is 15.9 Å². The number of aliphatic carboxylic acids is 1. The molecule has 2 heterocycles. The Hall–Kier alpha value is -1.67. The van der Waals surface area contributed by atoms with Crippen LogP contribution in [-0.2, 0) is 11.3 Å². The Morgan fingerprint density at radius 2 is 2.20 bits per heavy atom. The first-order chi connectivity index (χ1) is 9.61. The molecule has 3 rings (SSSR count). The van der Waals surface area contributed by atoms with Crippen LogP contribution in [0.5, 0.6) is 0 Å². The van der Waals surface area contributed by atoms with Gasteiger partial charge in [0.25, 0.3) is 5.89 Å². The van der Waals surface area contributed by atoms with Crippen LogP contribution in [0.25, 0.3) is 11.7 Å². The predicted molar refractivity (Wildman–Crippen MR) is 70.8 cm³/mol. The van der Waals surface area contributed by atoms with E-state index in [-0.39, 0.29) is 12.4 Å². The lowest BCUT2D eigenvalue weighted by molar-refractivity contribution is -0.138. The molecule has 0 atom stereocenters. The molecule has 0 unspecified atom stereocenters. The van der Waals surface area contributed by atoms with E-state index in [0.717, 1.165) is 12.8 Å². The number of aromatic nitrogens is 2. The average molecular weight is 342 g/mol. The highest BCUT2D eigenvalue weighted by atomic mass is 79.9. The number of hydrogen-bond donors (Lipinski definition) is 1. The van der Waals surface area contributed by atoms with Gasteiger partial charge in [0.15, 0.2) is 10.4 Å². The summed E-state index contributed by atoms with van der Waals surface area (Å²) in [5.41, 5.74) is 0. The summed E-state index contributed by atoms with van der Waals surface area (Å²) in [7, 11) is 0. The molecule has 0 aromatic carbocycles. The largest absolute Gasteiger partial charge is 0.480 e. The number of carbonyl (C=O) groups is 1. The second kappa shape index (κ2) is 5.37. The molecule has 0 aliphatic heterocycles. The maximum absolute atomic E-state index is 10.8. The lowest BCUT2D eigenvalue weighted by atomic mass is 10.4. The summed E-state index contributed by atoms with van der Waals surface area (Å²) in [4.78, 5) is 12.7. The van der Waals surface area contributed by atoms with Crippen molar-refractivity contribution in [2.24, 2.45) is 0 Å². The van der Waals surface area contributed by atoms with Crippen LogP contribution in [0.1, 0.15) is 18.7 Å². The quantitative estimate of drug-likeness (QED) is 0.860. The summed E-state index contributed by atoms with van der Waals surface area (Å²) >= 11 is 3.20. The smallest absolute Gasteiger partial charge is 0.317 e. The molecule has 1 N–H and O–H groups in total. The van der Waals surface area contributed by atoms with Crippen molar-refractivity contribution in [3.05, 3.63) is 22.7 Å². The van der Waals surface area contributed by atoms with Crippen molar-refractivity contribution in [2.75, 3.05) is 6.54 Å². The van der Waals surface area contributed by atoms with Crippen LogP contribution in [0.4, 0.5) is 0 Å². The minimum atomic E-state index is -0.855. The van der Waals surface area contributed by atoms with Crippen molar-refractivity contribution < 1.29 is 18.7 Å². The molecule has 1 saturated carbocycles. The monoisotopic (exact) mass is 341 g/mol. The molecule has 0 spiro atoms. The highest BCUT2D eigenvalue weighted by molar-refractivity contribution is 9.10. The lowest BCUT2D eigenvalue weighted by Crippen LogP contribution is -2.31. The maximum atomic E-state index is 10.8. The minimum absolute atomic E-state index is 0.0192. The van der Waals surface area contributed by atoms with Crippen LogP contribution in [0.2, 0.25) is 0 Å². The fourth-order valence-electron chi connectivity index (χ4n) is 1.95. The average Bonchev–Trinajstić information content (AvgIpc) is 2.99. The molecule has 1 aliphatic carbocycles. The van der Waals surface area contributed by atoms with Crippen molar-refractivity contribution in [3.8, 4) is 11.7 Å². The number of halogens is 1. The van der Waals surface area contributed by atoms with Crippen LogP contribution in [-0.4, -0.2) is 38.8 Å². The van der Waals surface area contributed by atoms with Crippen molar-refractivity contribution in [2.45, 2.75) is 25.4 Å². The van der Waals surface area contributed by atoms with E-state index in [4.69, 9.17) is 13.9 Å². The molecule has 2 aromatic rings. The van der Waals surface area contributed by atoms with Gasteiger partial charge in [-0.2, -0.15) is 0 Å². The fourth-order valence-corrected chi connectivity index (χ4v) is 2.25. The van der Waals surface area contributed by atoms with Gasteiger partial charge in [-0.3, -0.25) is 9.69 Å². The highest BCUT2D eigenvalue weighted by Gasteiger charge is 2.31. The molecule has 1 aliphatic rings. The van der Waals surface area contributed by atoms with Crippen molar-refractivity contribution in [1.82, 2.24) is 15.1 Å². The van der Waals surface area contributed by atoms with E-state index in [2.05, 4.69) is 26.1 Å². The Labute approximate surface area is 122 Å². The van der Waals surface area contributed by atoms with Gasteiger partial charge in [-0.05, 0) is 40.9 Å². The molecule has 2 aromatic heterocycles. The van der Waals surface area contributed by atoms with E-state index < -0.39 is 5.97 Å². The zero-order valence-electron chi connectivity index (χ0n) is 10.5. The molecule has 7 nitrogen and oxygen atoms in total. The van der Waals surface area contributed by atoms with Crippen LogP contribution in [0.15, 0.2) is 25.6 Å². The zero-order chi connectivity index (χ0) is 14.1. The molecular formula is C12H12BrN3O4. The SMILES string of the molecule is O=C(O)CN(Cc1nnc(-c2ccc(Br)o2)o1)C1CC1. The predicted octanol–water partition coefficient (Wildman–Crippen LogP) is 2.14. The fraction of sp³-hybridized carbons (Fsp3) is 0.417. The van der Waals surface area contributed by atoms with E-state index >= 15 is 0 Å². The Balaban J connectivity index is 1.71. The Morgan fingerprint density at radius 3 is 2.80 bits per heavy atom. The third-order valence-corrected chi connectivity index (χ3v) is 3.42. The number of nitrogens with zero attached hydrogens (tertiary/aromatic N) is 3. The van der Waals surface area contributed by atoms with E-state index in [1.165, 1.54) is 0 Å². The van der Waals surface area contributed by atoms with E-state index in [9.17, 15) is 4.79 Å². The normalized spacial score (nSPS) is 14.9. The minimum Gasteiger partial charge on any atom is -0.480 e. The van der Waals surface area contributed by atoms with Crippen molar-refractivity contribution >= 4 is 21.9 Å². The molecule has 106 valence electrons. The second-order valence-electron chi connectivity index (χ2n) is 4.63. The Kier molecular flexibility index (Phi) is 3.58. The molecule has 1 fully saturated rings. The van der Waals surface area contributed by atoms with Gasteiger partial charge in [-0.1, -0.05) is 0 Å². The van der Waals surface area contributed by atoms with Gasteiger partial charge in [0.05, 0.1) is 13.1 Å². The van der Waals surface area contributed by atoms with Gasteiger partial charge in [0.1, 0.15) is 0 Å². The second-order valence-corrected chi connectivity index (χ2v) is 5.42. The van der Waals surface area contributed by atoms with Crippen LogP contribution in [0, 0.1) is 0 Å². The van der Waals surface area contributed by atoms with Crippen LogP contribution < -0.4 is 0 Å². The summed E-state index contributed by atoms with van der Waals surface area (Å²) in [6.07, 6.45) is 2.03. The summed E-state index contributed by atoms with van der Waals surface area (Å²) in [5, 5.41) is 16.7. The molecule has 20 heavy (non-hydrogen) atoms. The number of carboxylic acids is 1. The van der Waals surface area contributed by atoms with Gasteiger partial charge in [-0.25, -0.2) is 0 Å². The standard InChI is InChI=1S/C12H12BrN3O4/c13-9-4-3-8(19-9)12-15-14-10(20-12)5-16(6-11(17)18)7-1-2-7/h3-4,7H,1-2,5-6H2,(H,17,18). The number of hydrogen-bond acceptors (Lipinski definition) is 6.